The van der Waals surface area contributed by atoms with Crippen molar-refractivity contribution in [2.45, 2.75) is 46.6 Å². The van der Waals surface area contributed by atoms with E-state index in [0.29, 0.717) is 19.6 Å². The van der Waals surface area contributed by atoms with E-state index in [9.17, 15) is 9.59 Å². The highest BCUT2D eigenvalue weighted by Gasteiger charge is 2.32. The van der Waals surface area contributed by atoms with Crippen molar-refractivity contribution in [2.24, 2.45) is 11.1 Å². The van der Waals surface area contributed by atoms with Gasteiger partial charge in [-0.3, -0.25) is 14.5 Å². The number of nitrogens with two attached hydrogens (primary N) is 1. The van der Waals surface area contributed by atoms with Gasteiger partial charge in [-0.25, -0.2) is 0 Å². The lowest BCUT2D eigenvalue weighted by atomic mass is 9.82. The second-order valence-electron chi connectivity index (χ2n) is 8.00. The highest BCUT2D eigenvalue weighted by molar-refractivity contribution is 6.35. The molecule has 2 amide bonds. The van der Waals surface area contributed by atoms with Crippen molar-refractivity contribution in [1.82, 2.24) is 15.1 Å². The smallest absolute Gasteiger partial charge is 0.311 e. The molecule has 1 saturated heterocycles. The molecule has 0 aromatic heterocycles. The second-order valence-corrected chi connectivity index (χ2v) is 8.00. The van der Waals surface area contributed by atoms with Crippen molar-refractivity contribution in [3.63, 3.8) is 0 Å². The largest absolute Gasteiger partial charge is 0.343 e. The van der Waals surface area contributed by atoms with Gasteiger partial charge in [-0.2, -0.15) is 0 Å². The normalized spacial score (nSPS) is 17.5. The van der Waals surface area contributed by atoms with E-state index in [1.54, 1.807) is 4.90 Å². The SMILES string of the molecule is CC(C)(C)CC(C)(C)NC(=O)C(=O)N1CCN(CCN)CC1. The average Bonchev–Trinajstić information content (AvgIpc) is 2.35. The zero-order chi connectivity index (χ0) is 17.0. The Morgan fingerprint density at radius 1 is 1.05 bits per heavy atom. The molecule has 0 bridgehead atoms. The number of nitrogens with zero attached hydrogens (tertiary/aromatic N) is 2. The fraction of sp³-hybridized carbons (Fsp3) is 0.875. The molecule has 3 N–H and O–H groups in total. The Morgan fingerprint density at radius 2 is 1.59 bits per heavy atom. The molecule has 0 unspecified atom stereocenters. The van der Waals surface area contributed by atoms with Crippen LogP contribution in [0.2, 0.25) is 0 Å². The van der Waals surface area contributed by atoms with Crippen LogP contribution in [0.3, 0.4) is 0 Å². The van der Waals surface area contributed by atoms with E-state index in [2.05, 4.69) is 31.0 Å². The van der Waals surface area contributed by atoms with Crippen molar-refractivity contribution in [3.05, 3.63) is 0 Å². The molecule has 1 fully saturated rings. The van der Waals surface area contributed by atoms with Gasteiger partial charge in [0.25, 0.3) is 0 Å². The number of piperazine rings is 1. The van der Waals surface area contributed by atoms with E-state index in [1.165, 1.54) is 0 Å². The van der Waals surface area contributed by atoms with Gasteiger partial charge < -0.3 is 16.0 Å². The average molecular weight is 312 g/mol. The first kappa shape index (κ1) is 18.9. The minimum absolute atomic E-state index is 0.0909. The molecule has 1 heterocycles. The quantitative estimate of drug-likeness (QED) is 0.738. The molecule has 0 aliphatic carbocycles. The summed E-state index contributed by atoms with van der Waals surface area (Å²) in [5, 5.41) is 2.88. The number of rotatable bonds is 4. The van der Waals surface area contributed by atoms with Gasteiger partial charge in [0.05, 0.1) is 0 Å². The first-order chi connectivity index (χ1) is 10.0. The van der Waals surface area contributed by atoms with Crippen LogP contribution in [0, 0.1) is 5.41 Å². The number of carbonyl (C=O) groups excluding carboxylic acids is 2. The van der Waals surface area contributed by atoms with Gasteiger partial charge in [0.15, 0.2) is 0 Å². The third kappa shape index (κ3) is 6.32. The maximum Gasteiger partial charge on any atom is 0.311 e. The first-order valence-corrected chi connectivity index (χ1v) is 8.08. The summed E-state index contributed by atoms with van der Waals surface area (Å²) in [4.78, 5) is 28.3. The van der Waals surface area contributed by atoms with Crippen LogP contribution >= 0.6 is 0 Å². The number of hydrogen-bond acceptors (Lipinski definition) is 4. The molecule has 6 heteroatoms. The van der Waals surface area contributed by atoms with Crippen LogP contribution in [0.5, 0.6) is 0 Å². The number of nitrogens with one attached hydrogen (secondary N) is 1. The van der Waals surface area contributed by atoms with Crippen molar-refractivity contribution < 1.29 is 9.59 Å². The Hall–Kier alpha value is -1.14. The lowest BCUT2D eigenvalue weighted by molar-refractivity contribution is -0.148. The van der Waals surface area contributed by atoms with Crippen molar-refractivity contribution in [3.8, 4) is 0 Å². The molecule has 0 atom stereocenters. The highest BCUT2D eigenvalue weighted by atomic mass is 16.2. The Morgan fingerprint density at radius 3 is 2.05 bits per heavy atom. The van der Waals surface area contributed by atoms with E-state index >= 15 is 0 Å². The summed E-state index contributed by atoms with van der Waals surface area (Å²) >= 11 is 0. The van der Waals surface area contributed by atoms with Crippen molar-refractivity contribution >= 4 is 11.8 Å². The lowest BCUT2D eigenvalue weighted by Crippen LogP contribution is -2.56. The fourth-order valence-electron chi connectivity index (χ4n) is 3.23. The van der Waals surface area contributed by atoms with E-state index < -0.39 is 17.4 Å². The molecular weight excluding hydrogens is 280 g/mol. The van der Waals surface area contributed by atoms with Crippen LogP contribution in [0.15, 0.2) is 0 Å². The van der Waals surface area contributed by atoms with Crippen LogP contribution in [0.25, 0.3) is 0 Å². The molecule has 1 rings (SSSR count). The number of carbonyl (C=O) groups is 2. The van der Waals surface area contributed by atoms with Gasteiger partial charge >= 0.3 is 11.8 Å². The van der Waals surface area contributed by atoms with Gasteiger partial charge in [-0.05, 0) is 25.7 Å². The molecule has 0 aromatic rings. The number of amides is 2. The Labute approximate surface area is 134 Å². The molecule has 1 aliphatic heterocycles. The number of hydrogen-bond donors (Lipinski definition) is 2. The van der Waals surface area contributed by atoms with Crippen molar-refractivity contribution in [1.29, 1.82) is 0 Å². The van der Waals surface area contributed by atoms with Gasteiger partial charge in [0, 0.05) is 44.8 Å². The molecule has 22 heavy (non-hydrogen) atoms. The van der Waals surface area contributed by atoms with Gasteiger partial charge in [0.2, 0.25) is 0 Å². The van der Waals surface area contributed by atoms with Crippen LogP contribution in [-0.4, -0.2) is 66.4 Å². The summed E-state index contributed by atoms with van der Waals surface area (Å²) in [7, 11) is 0. The Kier molecular flexibility index (Phi) is 6.38. The Balaban J connectivity index is 2.51. The summed E-state index contributed by atoms with van der Waals surface area (Å²) in [6.07, 6.45) is 0.809. The van der Waals surface area contributed by atoms with Crippen LogP contribution < -0.4 is 11.1 Å². The topological polar surface area (TPSA) is 78.7 Å². The zero-order valence-electron chi connectivity index (χ0n) is 14.7. The summed E-state index contributed by atoms with van der Waals surface area (Å²) in [6.45, 7) is 14.5. The third-order valence-electron chi connectivity index (χ3n) is 3.72. The lowest BCUT2D eigenvalue weighted by Gasteiger charge is -2.36. The van der Waals surface area contributed by atoms with Crippen LogP contribution in [0.1, 0.15) is 41.0 Å². The zero-order valence-corrected chi connectivity index (χ0v) is 14.7. The minimum atomic E-state index is -0.499. The van der Waals surface area contributed by atoms with E-state index in [0.717, 1.165) is 26.1 Å². The van der Waals surface area contributed by atoms with E-state index in [-0.39, 0.29) is 5.41 Å². The van der Waals surface area contributed by atoms with Crippen molar-refractivity contribution in [2.75, 3.05) is 39.3 Å². The van der Waals surface area contributed by atoms with Gasteiger partial charge in [-0.1, -0.05) is 20.8 Å². The van der Waals surface area contributed by atoms with E-state index in [4.69, 9.17) is 5.73 Å². The van der Waals surface area contributed by atoms with E-state index in [1.807, 2.05) is 13.8 Å². The molecule has 128 valence electrons. The van der Waals surface area contributed by atoms with Gasteiger partial charge in [-0.15, -0.1) is 0 Å². The predicted molar refractivity (Wildman–Crippen MR) is 88.4 cm³/mol. The standard InChI is InChI=1S/C16H32N4O2/c1-15(2,3)12-16(4,5)18-13(21)14(22)20-10-8-19(7-6-17)9-11-20/h6-12,17H2,1-5H3,(H,18,21). The Bertz CT molecular complexity index is 393. The molecule has 6 nitrogen and oxygen atoms in total. The maximum atomic E-state index is 12.3. The van der Waals surface area contributed by atoms with Gasteiger partial charge in [0.1, 0.15) is 0 Å². The predicted octanol–water partition coefficient (Wildman–Crippen LogP) is 0.420. The maximum absolute atomic E-state index is 12.3. The summed E-state index contributed by atoms with van der Waals surface area (Å²) in [5.41, 5.74) is 5.23. The highest BCUT2D eigenvalue weighted by Crippen LogP contribution is 2.26. The summed E-state index contributed by atoms with van der Waals surface area (Å²) < 4.78 is 0. The third-order valence-corrected chi connectivity index (χ3v) is 3.72. The summed E-state index contributed by atoms with van der Waals surface area (Å²) in [5.74, 6) is -0.920. The summed E-state index contributed by atoms with van der Waals surface area (Å²) in [6, 6.07) is 0. The monoisotopic (exact) mass is 312 g/mol. The molecule has 1 aliphatic rings. The first-order valence-electron chi connectivity index (χ1n) is 8.08. The molecule has 0 spiro atoms. The molecule has 0 aromatic carbocycles. The minimum Gasteiger partial charge on any atom is -0.343 e. The molecule has 0 radical (unpaired) electrons. The van der Waals surface area contributed by atoms with Crippen LogP contribution in [-0.2, 0) is 9.59 Å². The second kappa shape index (κ2) is 7.42. The van der Waals surface area contributed by atoms with Crippen LogP contribution in [0.4, 0.5) is 0 Å². The molecular formula is C16H32N4O2. The molecule has 0 saturated carbocycles. The fourth-order valence-corrected chi connectivity index (χ4v) is 3.23.